The van der Waals surface area contributed by atoms with Gasteiger partial charge in [0, 0.05) is 6.42 Å². The Morgan fingerprint density at radius 3 is 2.20 bits per heavy atom. The third-order valence-electron chi connectivity index (χ3n) is 16.3. The maximum Gasteiger partial charge on any atom is 0.309 e. The van der Waals surface area contributed by atoms with E-state index in [-0.39, 0.29) is 95.7 Å². The number of hydrogen-bond acceptors (Lipinski definition) is 7. The molecule has 0 spiro atoms. The molecule has 6 aliphatic rings. The lowest BCUT2D eigenvalue weighted by Gasteiger charge is -2.67. The topological polar surface area (TPSA) is 119 Å². The Labute approximate surface area is 323 Å². The van der Waals surface area contributed by atoms with Gasteiger partial charge in [-0.3, -0.25) is 19.2 Å². The van der Waals surface area contributed by atoms with Gasteiger partial charge < -0.3 is 19.9 Å². The monoisotopic (exact) mass is 743 g/mol. The molecule has 0 radical (unpaired) electrons. The molecule has 0 saturated heterocycles. The normalized spacial score (nSPS) is 40.1. The Kier molecular flexibility index (Phi) is 10.3. The van der Waals surface area contributed by atoms with Gasteiger partial charge in [0.25, 0.3) is 0 Å². The minimum Gasteiger partial charge on any atom is -0.462 e. The van der Waals surface area contributed by atoms with Crippen molar-refractivity contribution in [3.05, 3.63) is 47.0 Å². The number of esters is 2. The van der Waals surface area contributed by atoms with Crippen LogP contribution in [0.2, 0.25) is 0 Å². The van der Waals surface area contributed by atoms with Crippen LogP contribution in [0.15, 0.2) is 41.5 Å². The zero-order valence-electron chi connectivity index (χ0n) is 34.0. The van der Waals surface area contributed by atoms with Gasteiger partial charge in [0.2, 0.25) is 5.91 Å². The number of Topliss-reactive ketones (excluding diaryl/α,β-unsaturated/α-hetero) is 1. The molecule has 12 atom stereocenters. The molecule has 0 aromatic heterocycles. The number of ketones is 1. The SMILES string of the molecule is CC(C)C1=C2C3CCC4C(C)(CCC5C(C)C(OC(=O)C6CC(C(=O)OCc7ccccc7)C6C)CCC54C)C3CCC2(C(=O)NC(C)(C)CO)CC1=O. The maximum atomic E-state index is 14.2. The first-order chi connectivity index (χ1) is 25.5. The van der Waals surface area contributed by atoms with E-state index in [1.165, 1.54) is 0 Å². The molecule has 54 heavy (non-hydrogen) atoms. The molecule has 0 heterocycles. The Morgan fingerprint density at radius 1 is 0.889 bits per heavy atom. The van der Waals surface area contributed by atoms with Crippen molar-refractivity contribution in [3.63, 3.8) is 0 Å². The Bertz CT molecular complexity index is 1680. The van der Waals surface area contributed by atoms with E-state index in [9.17, 15) is 24.3 Å². The summed E-state index contributed by atoms with van der Waals surface area (Å²) in [4.78, 5) is 54.5. The van der Waals surface area contributed by atoms with E-state index >= 15 is 0 Å². The number of aliphatic hydroxyl groups excluding tert-OH is 1. The molecule has 5 fully saturated rings. The van der Waals surface area contributed by atoms with Gasteiger partial charge in [-0.2, -0.15) is 0 Å². The van der Waals surface area contributed by atoms with Crippen LogP contribution in [0.3, 0.4) is 0 Å². The smallest absolute Gasteiger partial charge is 0.309 e. The van der Waals surface area contributed by atoms with E-state index < -0.39 is 11.0 Å². The Hall–Kier alpha value is -3.00. The second-order valence-electron chi connectivity index (χ2n) is 20.0. The molecule has 7 rings (SSSR count). The number of carbonyl (C=O) groups is 4. The van der Waals surface area contributed by atoms with Crippen molar-refractivity contribution in [1.82, 2.24) is 5.32 Å². The van der Waals surface area contributed by atoms with Gasteiger partial charge in [-0.05, 0) is 141 Å². The fraction of sp³-hybridized carbons (Fsp3) is 0.739. The molecular formula is C46H65NO7. The summed E-state index contributed by atoms with van der Waals surface area (Å²) in [6.07, 6.45) is 8.37. The maximum absolute atomic E-state index is 14.2. The zero-order valence-corrected chi connectivity index (χ0v) is 34.0. The summed E-state index contributed by atoms with van der Waals surface area (Å²) in [7, 11) is 0. The molecule has 1 aromatic carbocycles. The van der Waals surface area contributed by atoms with Gasteiger partial charge in [0.1, 0.15) is 12.7 Å². The lowest BCUT2D eigenvalue weighted by molar-refractivity contribution is -0.197. The molecule has 8 heteroatoms. The van der Waals surface area contributed by atoms with Crippen molar-refractivity contribution in [2.45, 2.75) is 138 Å². The third-order valence-corrected chi connectivity index (χ3v) is 16.3. The number of allylic oxidation sites excluding steroid dienone is 1. The van der Waals surface area contributed by atoms with Crippen LogP contribution >= 0.6 is 0 Å². The van der Waals surface area contributed by atoms with Crippen molar-refractivity contribution < 1.29 is 33.8 Å². The van der Waals surface area contributed by atoms with Gasteiger partial charge in [-0.1, -0.05) is 71.9 Å². The van der Waals surface area contributed by atoms with E-state index in [0.717, 1.165) is 61.7 Å². The highest BCUT2D eigenvalue weighted by molar-refractivity contribution is 6.07. The predicted octanol–water partition coefficient (Wildman–Crippen LogP) is 8.00. The van der Waals surface area contributed by atoms with Crippen LogP contribution in [0, 0.1) is 69.5 Å². The number of rotatable bonds is 9. The van der Waals surface area contributed by atoms with Crippen molar-refractivity contribution >= 4 is 23.6 Å². The van der Waals surface area contributed by atoms with Crippen LogP contribution < -0.4 is 5.32 Å². The van der Waals surface area contributed by atoms with Gasteiger partial charge >= 0.3 is 11.9 Å². The van der Waals surface area contributed by atoms with E-state index in [0.29, 0.717) is 30.6 Å². The fourth-order valence-corrected chi connectivity index (χ4v) is 13.3. The molecular weight excluding hydrogens is 679 g/mol. The minimum atomic E-state index is -0.814. The summed E-state index contributed by atoms with van der Waals surface area (Å²) in [5.41, 5.74) is 1.63. The molecule has 1 aromatic rings. The highest BCUT2D eigenvalue weighted by Gasteiger charge is 2.66. The number of amides is 1. The van der Waals surface area contributed by atoms with E-state index in [4.69, 9.17) is 9.47 Å². The number of benzene rings is 1. The van der Waals surface area contributed by atoms with Crippen LogP contribution in [-0.2, 0) is 35.3 Å². The summed E-state index contributed by atoms with van der Waals surface area (Å²) >= 11 is 0. The number of carbonyl (C=O) groups excluding carboxylic acids is 4. The van der Waals surface area contributed by atoms with Gasteiger partial charge in [0.15, 0.2) is 5.78 Å². The second kappa shape index (κ2) is 14.2. The summed E-state index contributed by atoms with van der Waals surface area (Å²) < 4.78 is 12.0. The van der Waals surface area contributed by atoms with Crippen LogP contribution in [0.4, 0.5) is 0 Å². The lowest BCUT2D eigenvalue weighted by Crippen LogP contribution is -2.62. The number of aliphatic hydroxyl groups is 1. The molecule has 2 N–H and O–H groups in total. The van der Waals surface area contributed by atoms with Crippen LogP contribution in [0.5, 0.6) is 0 Å². The van der Waals surface area contributed by atoms with Crippen molar-refractivity contribution in [2.75, 3.05) is 6.61 Å². The first kappa shape index (κ1) is 39.2. The van der Waals surface area contributed by atoms with Gasteiger partial charge in [-0.25, -0.2) is 0 Å². The average molecular weight is 744 g/mol. The zero-order chi connectivity index (χ0) is 39.0. The molecule has 296 valence electrons. The van der Waals surface area contributed by atoms with Crippen molar-refractivity contribution in [3.8, 4) is 0 Å². The summed E-state index contributed by atoms with van der Waals surface area (Å²) in [6.45, 7) is 17.3. The summed E-state index contributed by atoms with van der Waals surface area (Å²) in [6, 6.07) is 9.67. The Balaban J connectivity index is 1.03. The highest BCUT2D eigenvalue weighted by Crippen LogP contribution is 2.71. The lowest BCUT2D eigenvalue weighted by atomic mass is 9.38. The van der Waals surface area contributed by atoms with Crippen molar-refractivity contribution in [1.29, 1.82) is 0 Å². The van der Waals surface area contributed by atoms with E-state index in [1.54, 1.807) is 0 Å². The summed E-state index contributed by atoms with van der Waals surface area (Å²) in [5.74, 6) is 0.925. The number of ether oxygens (including phenoxy) is 2. The number of fused-ring (bicyclic) bond motifs is 7. The second-order valence-corrected chi connectivity index (χ2v) is 20.0. The Morgan fingerprint density at radius 2 is 1.54 bits per heavy atom. The van der Waals surface area contributed by atoms with Crippen LogP contribution in [-0.4, -0.2) is 47.0 Å². The minimum absolute atomic E-state index is 0.0617. The van der Waals surface area contributed by atoms with Gasteiger partial charge in [-0.15, -0.1) is 0 Å². The first-order valence-corrected chi connectivity index (χ1v) is 21.1. The fourth-order valence-electron chi connectivity index (χ4n) is 13.3. The quantitative estimate of drug-likeness (QED) is 0.246. The van der Waals surface area contributed by atoms with Crippen LogP contribution in [0.25, 0.3) is 0 Å². The number of nitrogens with one attached hydrogen (secondary N) is 1. The van der Waals surface area contributed by atoms with E-state index in [2.05, 4.69) is 39.9 Å². The molecule has 0 aliphatic heterocycles. The largest absolute Gasteiger partial charge is 0.462 e. The van der Waals surface area contributed by atoms with Crippen LogP contribution in [0.1, 0.15) is 125 Å². The van der Waals surface area contributed by atoms with Crippen molar-refractivity contribution in [2.24, 2.45) is 69.5 Å². The molecule has 6 aliphatic carbocycles. The van der Waals surface area contributed by atoms with Gasteiger partial charge in [0.05, 0.1) is 29.4 Å². The summed E-state index contributed by atoms with van der Waals surface area (Å²) in [5, 5.41) is 13.2. The average Bonchev–Trinajstić information content (AvgIpc) is 3.45. The molecule has 1 amide bonds. The predicted molar refractivity (Wildman–Crippen MR) is 206 cm³/mol. The molecule has 0 bridgehead atoms. The molecule has 12 unspecified atom stereocenters. The standard InChI is InChI=1S/C46H65NO7/c1-26(2)38-35(49)23-46(42(52)47-43(5,6)25-48)21-17-34-30(39(38)46)14-15-37-44(7)20-18-36(28(4)33(44)16-19-45(34,37)8)54-41(51)32-22-31(27(32)3)40(50)53-24-29-12-10-9-11-13-29/h9-13,26-28,30-34,36-37,48H,14-25H2,1-8H3,(H,47,52). The molecule has 8 nitrogen and oxygen atoms in total. The first-order valence-electron chi connectivity index (χ1n) is 21.1. The van der Waals surface area contributed by atoms with E-state index in [1.807, 2.05) is 51.1 Å². The molecule has 5 saturated carbocycles. The third kappa shape index (κ3) is 6.29. The number of hydrogen-bond donors (Lipinski definition) is 2. The highest BCUT2D eigenvalue weighted by atomic mass is 16.5.